The van der Waals surface area contributed by atoms with E-state index in [1.54, 1.807) is 11.9 Å². The molecule has 0 radical (unpaired) electrons. The summed E-state index contributed by atoms with van der Waals surface area (Å²) in [6.07, 6.45) is -4.08. The van der Waals surface area contributed by atoms with Crippen LogP contribution >= 0.6 is 24.2 Å². The van der Waals surface area contributed by atoms with Crippen LogP contribution in [0.25, 0.3) is 0 Å². The molecule has 0 aromatic heterocycles. The van der Waals surface area contributed by atoms with Crippen LogP contribution in [0.4, 0.5) is 32.0 Å². The summed E-state index contributed by atoms with van der Waals surface area (Å²) in [5.74, 6) is 0.290. The Morgan fingerprint density at radius 3 is 2.00 bits per heavy atom. The van der Waals surface area contributed by atoms with Gasteiger partial charge >= 0.3 is 12.4 Å². The number of carbonyl (C=O) groups excluding carboxylic acids is 1. The van der Waals surface area contributed by atoms with Crippen molar-refractivity contribution in [2.45, 2.75) is 63.1 Å². The first-order valence-corrected chi connectivity index (χ1v) is 11.0. The van der Waals surface area contributed by atoms with Crippen LogP contribution in [0.5, 0.6) is 0 Å². The highest BCUT2D eigenvalue weighted by atomic mass is 35.5. The third-order valence-electron chi connectivity index (χ3n) is 5.53. The number of alkyl halides is 6. The quantitative estimate of drug-likeness (QED) is 0.279. The molecule has 1 aromatic carbocycles. The Balaban J connectivity index is 0.00000363. The predicted molar refractivity (Wildman–Crippen MR) is 115 cm³/mol. The molecular formula is C20H24ClF6N3OS. The zero-order valence-electron chi connectivity index (χ0n) is 17.2. The summed E-state index contributed by atoms with van der Waals surface area (Å²) < 4.78 is 79.2. The van der Waals surface area contributed by atoms with E-state index in [1.165, 1.54) is 11.8 Å². The van der Waals surface area contributed by atoms with Gasteiger partial charge in [0.05, 0.1) is 17.2 Å². The molecule has 1 aliphatic heterocycles. The smallest absolute Gasteiger partial charge is 0.333 e. The average molecular weight is 504 g/mol. The van der Waals surface area contributed by atoms with E-state index in [2.05, 4.69) is 0 Å². The van der Waals surface area contributed by atoms with E-state index >= 15 is 0 Å². The Bertz CT molecular complexity index is 792. The van der Waals surface area contributed by atoms with Crippen LogP contribution in [0.3, 0.4) is 0 Å². The minimum atomic E-state index is -4.98. The van der Waals surface area contributed by atoms with Crippen LogP contribution in [0.15, 0.2) is 23.2 Å². The van der Waals surface area contributed by atoms with Gasteiger partial charge in [-0.25, -0.2) is 0 Å². The molecule has 1 saturated carbocycles. The van der Waals surface area contributed by atoms with Crippen LogP contribution < -0.4 is 4.90 Å². The van der Waals surface area contributed by atoms with Gasteiger partial charge in [0.15, 0.2) is 5.17 Å². The molecule has 1 unspecified atom stereocenters. The number of amides is 1. The van der Waals surface area contributed by atoms with Crippen molar-refractivity contribution in [2.75, 3.05) is 17.7 Å². The number of carbonyl (C=O) groups is 1. The maximum Gasteiger partial charge on any atom is 0.416 e. The molecule has 0 spiro atoms. The molecule has 0 bridgehead atoms. The third kappa shape index (κ3) is 6.24. The molecule has 2 fully saturated rings. The monoisotopic (exact) mass is 503 g/mol. The summed E-state index contributed by atoms with van der Waals surface area (Å²) in [5.41, 5.74) is -3.36. The van der Waals surface area contributed by atoms with E-state index in [9.17, 15) is 31.1 Å². The van der Waals surface area contributed by atoms with Gasteiger partial charge in [-0.3, -0.25) is 14.7 Å². The van der Waals surface area contributed by atoms with Crippen molar-refractivity contribution in [2.24, 2.45) is 4.99 Å². The Hall–Kier alpha value is -1.62. The number of benzene rings is 1. The van der Waals surface area contributed by atoms with E-state index < -0.39 is 35.3 Å². The van der Waals surface area contributed by atoms with Crippen molar-refractivity contribution in [3.05, 3.63) is 29.3 Å². The third-order valence-corrected chi connectivity index (χ3v) is 6.65. The molecular weight excluding hydrogens is 480 g/mol. The van der Waals surface area contributed by atoms with Gasteiger partial charge in [-0.1, -0.05) is 37.4 Å². The van der Waals surface area contributed by atoms with Crippen LogP contribution in [-0.2, 0) is 17.1 Å². The average Bonchev–Trinajstić information content (AvgIpc) is 2.89. The molecule has 3 rings (SSSR count). The summed E-state index contributed by atoms with van der Waals surface area (Å²) >= 11 is 1.35. The van der Waals surface area contributed by atoms with E-state index in [0.717, 1.165) is 43.4 Å². The van der Waals surface area contributed by atoms with E-state index in [4.69, 9.17) is 4.99 Å². The molecule has 1 aromatic rings. The van der Waals surface area contributed by atoms with Gasteiger partial charge in [-0.2, -0.15) is 26.3 Å². The Morgan fingerprint density at radius 2 is 1.53 bits per heavy atom. The molecule has 4 nitrogen and oxygen atoms in total. The predicted octanol–water partition coefficient (Wildman–Crippen LogP) is 6.19. The van der Waals surface area contributed by atoms with Crippen molar-refractivity contribution in [1.29, 1.82) is 0 Å². The van der Waals surface area contributed by atoms with E-state index in [0.29, 0.717) is 23.1 Å². The van der Waals surface area contributed by atoms with Crippen LogP contribution in [0, 0.1) is 0 Å². The number of anilines is 1. The topological polar surface area (TPSA) is 35.9 Å². The highest BCUT2D eigenvalue weighted by Crippen LogP contribution is 2.39. The fourth-order valence-corrected chi connectivity index (χ4v) is 5.05. The summed E-state index contributed by atoms with van der Waals surface area (Å²) in [7, 11) is 1.65. The fourth-order valence-electron chi connectivity index (χ4n) is 3.82. The van der Waals surface area contributed by atoms with E-state index in [-0.39, 0.29) is 30.9 Å². The first-order chi connectivity index (χ1) is 14.5. The van der Waals surface area contributed by atoms with Gasteiger partial charge in [0.1, 0.15) is 6.17 Å². The normalized spacial score (nSPS) is 21.9. The highest BCUT2D eigenvalue weighted by molar-refractivity contribution is 8.14. The number of aliphatic imine (C=N–C) groups is 1. The van der Waals surface area contributed by atoms with Crippen LogP contribution in [-0.4, -0.2) is 41.5 Å². The molecule has 1 amide bonds. The second kappa shape index (κ2) is 10.5. The summed E-state index contributed by atoms with van der Waals surface area (Å²) in [5, 5.41) is 0.645. The van der Waals surface area contributed by atoms with E-state index in [1.807, 2.05) is 0 Å². The zero-order chi connectivity index (χ0) is 22.8. The second-order valence-electron chi connectivity index (χ2n) is 7.74. The Labute approximate surface area is 192 Å². The minimum Gasteiger partial charge on any atom is -0.333 e. The van der Waals surface area contributed by atoms with Gasteiger partial charge in [0.2, 0.25) is 6.41 Å². The number of hydrogen-bond donors (Lipinski definition) is 0. The Kier molecular flexibility index (Phi) is 8.77. The maximum atomic E-state index is 13.2. The Morgan fingerprint density at radius 1 is 1.00 bits per heavy atom. The van der Waals surface area contributed by atoms with Crippen molar-refractivity contribution < 1.29 is 31.1 Å². The van der Waals surface area contributed by atoms with Gasteiger partial charge in [-0.15, -0.1) is 12.4 Å². The molecule has 1 aliphatic carbocycles. The van der Waals surface area contributed by atoms with Gasteiger partial charge in [-0.05, 0) is 31.0 Å². The number of rotatable bonds is 4. The number of nitrogens with zero attached hydrogens (tertiary/aromatic N) is 3. The molecule has 1 atom stereocenters. The van der Waals surface area contributed by atoms with Crippen molar-refractivity contribution in [3.8, 4) is 0 Å². The van der Waals surface area contributed by atoms with Crippen molar-refractivity contribution in [1.82, 2.24) is 4.90 Å². The second-order valence-corrected chi connectivity index (χ2v) is 8.72. The lowest BCUT2D eigenvalue weighted by Crippen LogP contribution is -2.45. The van der Waals surface area contributed by atoms with Crippen molar-refractivity contribution in [3.63, 3.8) is 0 Å². The lowest BCUT2D eigenvalue weighted by molar-refractivity contribution is -0.143. The highest BCUT2D eigenvalue weighted by Gasteiger charge is 2.39. The summed E-state index contributed by atoms with van der Waals surface area (Å²) in [6, 6.07) is 1.34. The molecule has 32 heavy (non-hydrogen) atoms. The number of amidine groups is 1. The van der Waals surface area contributed by atoms with Crippen LogP contribution in [0.1, 0.15) is 49.7 Å². The number of hydrogen-bond acceptors (Lipinski definition) is 3. The van der Waals surface area contributed by atoms with Gasteiger partial charge in [0, 0.05) is 18.5 Å². The molecule has 180 valence electrons. The van der Waals surface area contributed by atoms with Gasteiger partial charge < -0.3 is 4.90 Å². The SMILES string of the molecule is CN1C(=NC2CCCCCC2)SCC1N(C=O)c1cc(C(F)(F)F)cc(C(F)(F)F)c1.Cl. The number of thioether (sulfide) groups is 1. The molecule has 0 N–H and O–H groups in total. The molecule has 1 heterocycles. The molecule has 12 heteroatoms. The molecule has 2 aliphatic rings. The summed E-state index contributed by atoms with van der Waals surface area (Å²) in [4.78, 5) is 19.1. The maximum absolute atomic E-state index is 13.2. The lowest BCUT2D eigenvalue weighted by Gasteiger charge is -2.31. The summed E-state index contributed by atoms with van der Waals surface area (Å²) in [6.45, 7) is 0. The first kappa shape index (κ1) is 26.6. The largest absolute Gasteiger partial charge is 0.416 e. The lowest BCUT2D eigenvalue weighted by atomic mass is 10.1. The fraction of sp³-hybridized carbons (Fsp3) is 0.600. The minimum absolute atomic E-state index is 0. The zero-order valence-corrected chi connectivity index (χ0v) is 18.9. The molecule has 1 saturated heterocycles. The van der Waals surface area contributed by atoms with Crippen LogP contribution in [0.2, 0.25) is 0 Å². The number of halogens is 7. The first-order valence-electron chi connectivity index (χ1n) is 9.97. The van der Waals surface area contributed by atoms with Gasteiger partial charge in [0.25, 0.3) is 0 Å². The standard InChI is InChI=1S/C20H23F6N3OS.ClH/c1-28-17(11-31-18(28)27-15-6-4-2-3-5-7-15)29(12-30)16-9-13(19(21,22)23)8-14(10-16)20(24,25)26;/h8-10,12,15,17H,2-7,11H2,1H3;1H. The van der Waals surface area contributed by atoms with Crippen molar-refractivity contribution >= 4 is 41.4 Å².